The fraction of sp³-hybridized carbons (Fsp3) is 0.0435. The number of nitro groups is 2. The van der Waals surface area contributed by atoms with Gasteiger partial charge in [-0.1, -0.05) is 36.1 Å². The predicted molar refractivity (Wildman–Crippen MR) is 133 cm³/mol. The Balaban J connectivity index is 1.58. The maximum Gasteiger partial charge on any atom is 0.416 e. The van der Waals surface area contributed by atoms with Crippen molar-refractivity contribution < 1.29 is 32.5 Å². The van der Waals surface area contributed by atoms with Crippen molar-refractivity contribution in [3.8, 4) is 11.5 Å². The van der Waals surface area contributed by atoms with Gasteiger partial charge in [0.05, 0.1) is 26.0 Å². The molecule has 3 aromatic carbocycles. The molecule has 1 heterocycles. The highest BCUT2D eigenvalue weighted by molar-refractivity contribution is 8.27. The number of hydrogen-bond acceptors (Lipinski definition) is 8. The third-order valence-electron chi connectivity index (χ3n) is 4.98. The second-order valence-electron chi connectivity index (χ2n) is 7.40. The highest BCUT2D eigenvalue weighted by atomic mass is 32.2. The number of benzene rings is 3. The Morgan fingerprint density at radius 2 is 1.68 bits per heavy atom. The molecular weight excluding hydrogens is 535 g/mol. The summed E-state index contributed by atoms with van der Waals surface area (Å²) >= 11 is 6.29. The van der Waals surface area contributed by atoms with Gasteiger partial charge in [0, 0.05) is 18.2 Å². The van der Waals surface area contributed by atoms with Crippen LogP contribution in [-0.2, 0) is 11.0 Å². The van der Waals surface area contributed by atoms with Crippen molar-refractivity contribution >= 4 is 57.3 Å². The van der Waals surface area contributed by atoms with Crippen molar-refractivity contribution in [2.75, 3.05) is 4.90 Å². The number of hydrogen-bond donors (Lipinski definition) is 0. The monoisotopic (exact) mass is 547 g/mol. The standard InChI is InChI=1S/C23H12F3N3O6S2/c24-23(25,26)14-4-9-19(18(12-14)29(33)34)35-17-3-1-2-13(10-17)11-20-21(30)27(22(36)37-20)15-5-7-16(8-6-15)28(31)32/h1-12H/b20-11-. The van der Waals surface area contributed by atoms with Crippen LogP contribution >= 0.6 is 24.0 Å². The third-order valence-corrected chi connectivity index (χ3v) is 6.28. The summed E-state index contributed by atoms with van der Waals surface area (Å²) in [7, 11) is 0. The molecule has 0 atom stereocenters. The molecule has 4 rings (SSSR count). The smallest absolute Gasteiger partial charge is 0.416 e. The number of carbonyl (C=O) groups excluding carboxylic acids is 1. The second-order valence-corrected chi connectivity index (χ2v) is 9.08. The summed E-state index contributed by atoms with van der Waals surface area (Å²) in [4.78, 5) is 35.1. The molecular formula is C23H12F3N3O6S2. The zero-order valence-electron chi connectivity index (χ0n) is 18.2. The molecule has 0 aromatic heterocycles. The van der Waals surface area contributed by atoms with Crippen LogP contribution in [0.15, 0.2) is 71.6 Å². The number of non-ortho nitro benzene ring substituents is 1. The number of halogens is 3. The Kier molecular flexibility index (Phi) is 6.96. The van der Waals surface area contributed by atoms with Crippen LogP contribution in [0.4, 0.5) is 30.2 Å². The molecule has 1 aliphatic heterocycles. The van der Waals surface area contributed by atoms with E-state index in [2.05, 4.69) is 0 Å². The predicted octanol–water partition coefficient (Wildman–Crippen LogP) is 6.72. The highest BCUT2D eigenvalue weighted by Crippen LogP contribution is 2.39. The molecule has 0 radical (unpaired) electrons. The molecule has 188 valence electrons. The molecule has 37 heavy (non-hydrogen) atoms. The van der Waals surface area contributed by atoms with Crippen LogP contribution in [-0.4, -0.2) is 20.1 Å². The molecule has 1 fully saturated rings. The van der Waals surface area contributed by atoms with Gasteiger partial charge in [-0.15, -0.1) is 0 Å². The van der Waals surface area contributed by atoms with Crippen LogP contribution in [0.1, 0.15) is 11.1 Å². The molecule has 3 aromatic rings. The minimum Gasteiger partial charge on any atom is -0.450 e. The van der Waals surface area contributed by atoms with Crippen molar-refractivity contribution in [3.63, 3.8) is 0 Å². The van der Waals surface area contributed by atoms with E-state index in [1.807, 2.05) is 0 Å². The Hall–Kier alpha value is -4.30. The maximum atomic E-state index is 13.0. The molecule has 0 N–H and O–H groups in total. The number of nitrogens with zero attached hydrogens (tertiary/aromatic N) is 3. The van der Waals surface area contributed by atoms with E-state index in [1.165, 1.54) is 53.4 Å². The van der Waals surface area contributed by atoms with E-state index in [-0.39, 0.29) is 26.4 Å². The molecule has 0 bridgehead atoms. The van der Waals surface area contributed by atoms with Crippen molar-refractivity contribution in [1.82, 2.24) is 0 Å². The van der Waals surface area contributed by atoms with Gasteiger partial charge < -0.3 is 4.74 Å². The number of thioether (sulfide) groups is 1. The topological polar surface area (TPSA) is 116 Å². The minimum atomic E-state index is -4.76. The van der Waals surface area contributed by atoms with Gasteiger partial charge in [0.2, 0.25) is 5.75 Å². The van der Waals surface area contributed by atoms with Gasteiger partial charge in [-0.3, -0.25) is 29.9 Å². The van der Waals surface area contributed by atoms with E-state index in [1.54, 1.807) is 6.07 Å². The number of nitro benzene ring substituents is 2. The van der Waals surface area contributed by atoms with Gasteiger partial charge in [-0.25, -0.2) is 0 Å². The number of thiocarbonyl (C=S) groups is 1. The molecule has 0 aliphatic carbocycles. The third kappa shape index (κ3) is 5.59. The van der Waals surface area contributed by atoms with Gasteiger partial charge in [0.1, 0.15) is 5.75 Å². The van der Waals surface area contributed by atoms with Gasteiger partial charge in [-0.2, -0.15) is 13.2 Å². The van der Waals surface area contributed by atoms with Crippen molar-refractivity contribution in [1.29, 1.82) is 0 Å². The molecule has 9 nitrogen and oxygen atoms in total. The summed E-state index contributed by atoms with van der Waals surface area (Å²) in [6.07, 6.45) is -3.26. The van der Waals surface area contributed by atoms with Crippen LogP contribution in [0.5, 0.6) is 11.5 Å². The largest absolute Gasteiger partial charge is 0.450 e. The van der Waals surface area contributed by atoms with Crippen molar-refractivity contribution in [2.24, 2.45) is 0 Å². The Labute approximate surface area is 215 Å². The van der Waals surface area contributed by atoms with E-state index in [0.29, 0.717) is 23.4 Å². The summed E-state index contributed by atoms with van der Waals surface area (Å²) in [5.74, 6) is -0.768. The summed E-state index contributed by atoms with van der Waals surface area (Å²) < 4.78 is 44.5. The number of anilines is 1. The lowest BCUT2D eigenvalue weighted by Gasteiger charge is -2.14. The van der Waals surface area contributed by atoms with Gasteiger partial charge in [-0.05, 0) is 48.0 Å². The fourth-order valence-electron chi connectivity index (χ4n) is 3.28. The van der Waals surface area contributed by atoms with E-state index in [9.17, 15) is 38.2 Å². The average Bonchev–Trinajstić information content (AvgIpc) is 3.11. The lowest BCUT2D eigenvalue weighted by atomic mass is 10.1. The quantitative estimate of drug-likeness (QED) is 0.145. The average molecular weight is 547 g/mol. The molecule has 0 unspecified atom stereocenters. The summed E-state index contributed by atoms with van der Waals surface area (Å²) in [6, 6.07) is 13.3. The first kappa shape index (κ1) is 25.8. The molecule has 14 heteroatoms. The molecule has 1 saturated heterocycles. The highest BCUT2D eigenvalue weighted by Gasteiger charge is 2.34. The van der Waals surface area contributed by atoms with E-state index >= 15 is 0 Å². The zero-order valence-corrected chi connectivity index (χ0v) is 19.8. The first-order valence-electron chi connectivity index (χ1n) is 10.1. The first-order valence-corrected chi connectivity index (χ1v) is 11.3. The van der Waals surface area contributed by atoms with Gasteiger partial charge in [0.25, 0.3) is 11.6 Å². The fourth-order valence-corrected chi connectivity index (χ4v) is 4.58. The van der Waals surface area contributed by atoms with Crippen LogP contribution in [0.2, 0.25) is 0 Å². The normalized spacial score (nSPS) is 14.8. The number of amides is 1. The lowest BCUT2D eigenvalue weighted by Crippen LogP contribution is -2.27. The van der Waals surface area contributed by atoms with E-state index < -0.39 is 33.2 Å². The second kappa shape index (κ2) is 9.99. The van der Waals surface area contributed by atoms with Crippen LogP contribution in [0.3, 0.4) is 0 Å². The summed E-state index contributed by atoms with van der Waals surface area (Å²) in [5.41, 5.74) is -1.38. The SMILES string of the molecule is O=C1/C(=C/c2cccc(Oc3ccc(C(F)(F)F)cc3[N+](=O)[O-])c2)SC(=S)N1c1ccc([N+](=O)[O-])cc1. The molecule has 0 saturated carbocycles. The summed E-state index contributed by atoms with van der Waals surface area (Å²) in [6.45, 7) is 0. The van der Waals surface area contributed by atoms with Crippen LogP contribution in [0.25, 0.3) is 6.08 Å². The van der Waals surface area contributed by atoms with Crippen molar-refractivity contribution in [2.45, 2.75) is 6.18 Å². The number of rotatable bonds is 6. The number of ether oxygens (including phenoxy) is 1. The number of carbonyl (C=O) groups is 1. The Bertz CT molecular complexity index is 1480. The van der Waals surface area contributed by atoms with Crippen molar-refractivity contribution in [3.05, 3.63) is 103 Å². The minimum absolute atomic E-state index is 0.0856. The van der Waals surface area contributed by atoms with E-state index in [0.717, 1.165) is 17.8 Å². The van der Waals surface area contributed by atoms with Gasteiger partial charge >= 0.3 is 11.9 Å². The van der Waals surface area contributed by atoms with Gasteiger partial charge in [0.15, 0.2) is 4.32 Å². The molecule has 0 spiro atoms. The Morgan fingerprint density at radius 1 is 0.973 bits per heavy atom. The lowest BCUT2D eigenvalue weighted by molar-refractivity contribution is -0.385. The first-order chi connectivity index (χ1) is 17.4. The van der Waals surface area contributed by atoms with Crippen LogP contribution < -0.4 is 9.64 Å². The Morgan fingerprint density at radius 3 is 2.30 bits per heavy atom. The maximum absolute atomic E-state index is 13.0. The van der Waals surface area contributed by atoms with Crippen LogP contribution in [0, 0.1) is 20.2 Å². The zero-order chi connectivity index (χ0) is 26.9. The molecule has 1 amide bonds. The number of alkyl halides is 3. The van der Waals surface area contributed by atoms with E-state index in [4.69, 9.17) is 17.0 Å². The molecule has 1 aliphatic rings. The summed E-state index contributed by atoms with van der Waals surface area (Å²) in [5, 5.41) is 22.2.